The van der Waals surface area contributed by atoms with Crippen LogP contribution >= 0.6 is 0 Å². The Hall–Kier alpha value is -3.48. The standard InChI is InChI=1S/C23H25FN4O2/c1-14(2)12-25-22(29)17-5-10-21(15(3)11-17)27-23(30)20-13-26-28(16(20)4)19-8-6-18(24)7-9-19/h5-11,13-14H,12H2,1-4H3,(H,25,29)(H,27,30). The number of hydrogen-bond donors (Lipinski definition) is 2. The monoisotopic (exact) mass is 408 g/mol. The fraction of sp³-hybridized carbons (Fsp3) is 0.261. The first kappa shape index (κ1) is 21.2. The van der Waals surface area contributed by atoms with Gasteiger partial charge in [0.1, 0.15) is 5.82 Å². The average Bonchev–Trinajstić information content (AvgIpc) is 3.09. The highest BCUT2D eigenvalue weighted by atomic mass is 19.1. The van der Waals surface area contributed by atoms with Crippen molar-refractivity contribution in [3.05, 3.63) is 76.9 Å². The Morgan fingerprint density at radius 1 is 1.07 bits per heavy atom. The summed E-state index contributed by atoms with van der Waals surface area (Å²) in [6.07, 6.45) is 1.48. The van der Waals surface area contributed by atoms with Gasteiger partial charge in [-0.25, -0.2) is 9.07 Å². The summed E-state index contributed by atoms with van der Waals surface area (Å²) in [7, 11) is 0. The molecular weight excluding hydrogens is 383 g/mol. The number of nitrogens with one attached hydrogen (secondary N) is 2. The van der Waals surface area contributed by atoms with E-state index in [1.54, 1.807) is 41.9 Å². The molecule has 0 aliphatic rings. The predicted octanol–water partition coefficient (Wildman–Crippen LogP) is 4.27. The van der Waals surface area contributed by atoms with Crippen molar-refractivity contribution < 1.29 is 14.0 Å². The van der Waals surface area contributed by atoms with E-state index in [0.717, 1.165) is 5.56 Å². The summed E-state index contributed by atoms with van der Waals surface area (Å²) < 4.78 is 14.7. The molecule has 2 amide bonds. The summed E-state index contributed by atoms with van der Waals surface area (Å²) in [5.74, 6) is -0.409. The molecule has 156 valence electrons. The fourth-order valence-corrected chi connectivity index (χ4v) is 3.01. The number of hydrogen-bond acceptors (Lipinski definition) is 3. The first-order chi connectivity index (χ1) is 14.3. The van der Waals surface area contributed by atoms with Gasteiger partial charge in [-0.3, -0.25) is 9.59 Å². The van der Waals surface area contributed by atoms with E-state index in [0.29, 0.717) is 40.7 Å². The lowest BCUT2D eigenvalue weighted by Crippen LogP contribution is -2.27. The second-order valence-corrected chi connectivity index (χ2v) is 7.62. The molecule has 1 heterocycles. The summed E-state index contributed by atoms with van der Waals surface area (Å²) in [6, 6.07) is 11.1. The van der Waals surface area contributed by atoms with Crippen LogP contribution in [0.2, 0.25) is 0 Å². The smallest absolute Gasteiger partial charge is 0.259 e. The number of aromatic nitrogens is 2. The molecule has 1 aromatic heterocycles. The molecular formula is C23H25FN4O2. The maximum Gasteiger partial charge on any atom is 0.259 e. The van der Waals surface area contributed by atoms with Crippen LogP contribution in [0.4, 0.5) is 10.1 Å². The van der Waals surface area contributed by atoms with Crippen molar-refractivity contribution in [3.8, 4) is 5.69 Å². The largest absolute Gasteiger partial charge is 0.352 e. The number of carbonyl (C=O) groups is 2. The number of anilines is 1. The number of benzene rings is 2. The second kappa shape index (κ2) is 8.90. The summed E-state index contributed by atoms with van der Waals surface area (Å²) in [4.78, 5) is 25.0. The predicted molar refractivity (Wildman–Crippen MR) is 115 cm³/mol. The first-order valence-corrected chi connectivity index (χ1v) is 9.77. The SMILES string of the molecule is Cc1cc(C(=O)NCC(C)C)ccc1NC(=O)c1cnn(-c2ccc(F)cc2)c1C. The molecule has 3 aromatic rings. The average molecular weight is 408 g/mol. The van der Waals surface area contributed by atoms with Gasteiger partial charge in [0, 0.05) is 17.8 Å². The third kappa shape index (κ3) is 4.74. The van der Waals surface area contributed by atoms with E-state index in [9.17, 15) is 14.0 Å². The third-order valence-corrected chi connectivity index (χ3v) is 4.73. The van der Waals surface area contributed by atoms with E-state index in [-0.39, 0.29) is 17.6 Å². The number of amides is 2. The van der Waals surface area contributed by atoms with Crippen molar-refractivity contribution >= 4 is 17.5 Å². The van der Waals surface area contributed by atoms with Crippen molar-refractivity contribution in [1.29, 1.82) is 0 Å². The zero-order valence-electron chi connectivity index (χ0n) is 17.5. The number of carbonyl (C=O) groups excluding carboxylic acids is 2. The molecule has 2 N–H and O–H groups in total. The van der Waals surface area contributed by atoms with Gasteiger partial charge >= 0.3 is 0 Å². The zero-order chi connectivity index (χ0) is 21.8. The van der Waals surface area contributed by atoms with Gasteiger partial charge in [0.2, 0.25) is 0 Å². The van der Waals surface area contributed by atoms with Crippen LogP contribution in [0, 0.1) is 25.6 Å². The Morgan fingerprint density at radius 3 is 2.40 bits per heavy atom. The van der Waals surface area contributed by atoms with E-state index >= 15 is 0 Å². The van der Waals surface area contributed by atoms with Gasteiger partial charge in [0.25, 0.3) is 11.8 Å². The van der Waals surface area contributed by atoms with Crippen LogP contribution in [0.25, 0.3) is 5.69 Å². The van der Waals surface area contributed by atoms with Crippen molar-refractivity contribution in [1.82, 2.24) is 15.1 Å². The molecule has 0 fully saturated rings. The molecule has 0 spiro atoms. The van der Waals surface area contributed by atoms with Gasteiger partial charge in [-0.1, -0.05) is 13.8 Å². The normalized spacial score (nSPS) is 10.9. The van der Waals surface area contributed by atoms with Crippen molar-refractivity contribution in [3.63, 3.8) is 0 Å². The number of halogens is 1. The highest BCUT2D eigenvalue weighted by Gasteiger charge is 2.17. The molecule has 0 aliphatic carbocycles. The Labute approximate surface area is 175 Å². The molecule has 7 heteroatoms. The molecule has 0 saturated carbocycles. The molecule has 30 heavy (non-hydrogen) atoms. The summed E-state index contributed by atoms with van der Waals surface area (Å²) >= 11 is 0. The molecule has 0 unspecified atom stereocenters. The first-order valence-electron chi connectivity index (χ1n) is 9.77. The molecule has 3 rings (SSSR count). The Morgan fingerprint density at radius 2 is 1.77 bits per heavy atom. The van der Waals surface area contributed by atoms with E-state index in [2.05, 4.69) is 15.7 Å². The minimum atomic E-state index is -0.335. The third-order valence-electron chi connectivity index (χ3n) is 4.73. The van der Waals surface area contributed by atoms with Gasteiger partial charge in [-0.2, -0.15) is 5.10 Å². The van der Waals surface area contributed by atoms with Gasteiger partial charge in [0.05, 0.1) is 23.1 Å². The summed E-state index contributed by atoms with van der Waals surface area (Å²) in [6.45, 7) is 8.28. The lowest BCUT2D eigenvalue weighted by Gasteiger charge is -2.12. The van der Waals surface area contributed by atoms with Crippen LogP contribution in [0.15, 0.2) is 48.7 Å². The molecule has 0 atom stereocenters. The summed E-state index contributed by atoms with van der Waals surface area (Å²) in [5, 5.41) is 10.0. The zero-order valence-corrected chi connectivity index (χ0v) is 17.5. The molecule has 0 saturated heterocycles. The molecule has 6 nitrogen and oxygen atoms in total. The van der Waals surface area contributed by atoms with E-state index < -0.39 is 0 Å². The summed E-state index contributed by atoms with van der Waals surface area (Å²) in [5.41, 5.74) is 3.67. The highest BCUT2D eigenvalue weighted by molar-refractivity contribution is 6.05. The van der Waals surface area contributed by atoms with Gasteiger partial charge < -0.3 is 10.6 Å². The second-order valence-electron chi connectivity index (χ2n) is 7.62. The quantitative estimate of drug-likeness (QED) is 0.640. The molecule has 0 radical (unpaired) electrons. The minimum Gasteiger partial charge on any atom is -0.352 e. The fourth-order valence-electron chi connectivity index (χ4n) is 3.01. The van der Waals surface area contributed by atoms with Crippen molar-refractivity contribution in [2.75, 3.05) is 11.9 Å². The molecule has 0 aliphatic heterocycles. The lowest BCUT2D eigenvalue weighted by atomic mass is 10.1. The Balaban J connectivity index is 1.75. The molecule has 0 bridgehead atoms. The van der Waals surface area contributed by atoms with Gasteiger partial charge in [-0.15, -0.1) is 0 Å². The highest BCUT2D eigenvalue weighted by Crippen LogP contribution is 2.20. The van der Waals surface area contributed by atoms with E-state index in [1.807, 2.05) is 20.8 Å². The van der Waals surface area contributed by atoms with Crippen LogP contribution in [0.5, 0.6) is 0 Å². The lowest BCUT2D eigenvalue weighted by molar-refractivity contribution is 0.0948. The van der Waals surface area contributed by atoms with Gasteiger partial charge in [-0.05, 0) is 67.8 Å². The molecule has 2 aromatic carbocycles. The van der Waals surface area contributed by atoms with Crippen LogP contribution in [-0.2, 0) is 0 Å². The van der Waals surface area contributed by atoms with Gasteiger partial charge in [0.15, 0.2) is 0 Å². The van der Waals surface area contributed by atoms with Crippen LogP contribution < -0.4 is 10.6 Å². The van der Waals surface area contributed by atoms with Crippen LogP contribution in [0.3, 0.4) is 0 Å². The maximum atomic E-state index is 13.2. The Bertz CT molecular complexity index is 1070. The minimum absolute atomic E-state index is 0.138. The number of nitrogens with zero attached hydrogens (tertiary/aromatic N) is 2. The maximum absolute atomic E-state index is 13.2. The van der Waals surface area contributed by atoms with Crippen LogP contribution in [0.1, 0.15) is 45.8 Å². The van der Waals surface area contributed by atoms with Crippen molar-refractivity contribution in [2.24, 2.45) is 5.92 Å². The van der Waals surface area contributed by atoms with E-state index in [4.69, 9.17) is 0 Å². The van der Waals surface area contributed by atoms with E-state index in [1.165, 1.54) is 18.3 Å². The number of rotatable bonds is 6. The van der Waals surface area contributed by atoms with Crippen LogP contribution in [-0.4, -0.2) is 28.1 Å². The van der Waals surface area contributed by atoms with Crippen molar-refractivity contribution in [2.45, 2.75) is 27.7 Å². The topological polar surface area (TPSA) is 76.0 Å². The Kier molecular flexibility index (Phi) is 6.30. The number of aryl methyl sites for hydroxylation is 1.